The summed E-state index contributed by atoms with van der Waals surface area (Å²) in [4.78, 5) is 75.3. The molecule has 15 nitrogen and oxygen atoms in total. The molecule has 4 N–H and O–H groups in total. The van der Waals surface area contributed by atoms with Crippen molar-refractivity contribution in [2.45, 2.75) is 71.5 Å². The Labute approximate surface area is 550 Å². The number of carboxylic acid groups (broad SMARTS) is 2. The molecule has 18 heteroatoms. The molecule has 6 aromatic carbocycles. The van der Waals surface area contributed by atoms with Crippen LogP contribution in [0.4, 0.5) is 11.4 Å². The molecule has 0 saturated heterocycles. The number of aliphatic hydroxyl groups is 2. The summed E-state index contributed by atoms with van der Waals surface area (Å²) in [5, 5.41) is 39.7. The Morgan fingerprint density at radius 1 is 0.554 bits per heavy atom. The van der Waals surface area contributed by atoms with Crippen LogP contribution < -0.4 is 9.80 Å². The second-order valence-electron chi connectivity index (χ2n) is 21.7. The summed E-state index contributed by atoms with van der Waals surface area (Å²) in [6, 6.07) is 49.1. The number of aliphatic imine (C=N–C) groups is 1. The van der Waals surface area contributed by atoms with Crippen LogP contribution in [-0.2, 0) is 59.7 Å². The Balaban J connectivity index is 0.000000174. The highest BCUT2D eigenvalue weighted by atomic mass is 35.5. The molecule has 0 atom stereocenters. The van der Waals surface area contributed by atoms with Crippen molar-refractivity contribution >= 4 is 93.2 Å². The molecule has 9 aromatic rings. The minimum absolute atomic E-state index is 0.0158. The summed E-state index contributed by atoms with van der Waals surface area (Å²) < 4.78 is 5.77. The number of aromatic carboxylic acids is 2. The average molecular weight is 1300 g/mol. The number of pyridine rings is 2. The Morgan fingerprint density at radius 2 is 1.05 bits per heavy atom. The van der Waals surface area contributed by atoms with Gasteiger partial charge in [0.15, 0.2) is 0 Å². The van der Waals surface area contributed by atoms with Crippen LogP contribution in [0.2, 0.25) is 15.1 Å². The van der Waals surface area contributed by atoms with Gasteiger partial charge in [-0.05, 0) is 131 Å². The number of carbonyl (C=O) groups is 5. The maximum atomic E-state index is 12.2. The fourth-order valence-corrected chi connectivity index (χ4v) is 10.5. The molecule has 3 heterocycles. The second kappa shape index (κ2) is 34.3. The van der Waals surface area contributed by atoms with E-state index in [4.69, 9.17) is 39.2 Å². The van der Waals surface area contributed by atoms with Crippen LogP contribution in [0.1, 0.15) is 103 Å². The molecule has 92 heavy (non-hydrogen) atoms. The van der Waals surface area contributed by atoms with Crippen molar-refractivity contribution < 1.29 is 48.8 Å². The van der Waals surface area contributed by atoms with Crippen molar-refractivity contribution in [3.63, 3.8) is 0 Å². The number of hydrogen-bond donors (Lipinski definition) is 4. The minimum Gasteiger partial charge on any atom is -0.508 e. The zero-order valence-corrected chi connectivity index (χ0v) is 53.4. The van der Waals surface area contributed by atoms with Crippen LogP contribution >= 0.6 is 34.8 Å². The van der Waals surface area contributed by atoms with E-state index in [1.807, 2.05) is 127 Å². The molecule has 0 spiro atoms. The number of aromatic nitrogens is 2. The number of furan rings is 1. The third-order valence-electron chi connectivity index (χ3n) is 14.6. The van der Waals surface area contributed by atoms with Gasteiger partial charge in [0.05, 0.1) is 28.9 Å². The van der Waals surface area contributed by atoms with E-state index in [-0.39, 0.29) is 71.6 Å². The third-order valence-corrected chi connectivity index (χ3v) is 15.4. The number of rotatable bonds is 24. The zero-order chi connectivity index (χ0) is 66.3. The molecular weight excluding hydrogens is 1230 g/mol. The fourth-order valence-electron chi connectivity index (χ4n) is 9.67. The van der Waals surface area contributed by atoms with Gasteiger partial charge >= 0.3 is 11.9 Å². The van der Waals surface area contributed by atoms with Crippen LogP contribution in [0.25, 0.3) is 22.8 Å². The molecule has 0 unspecified atom stereocenters. The second-order valence-corrected chi connectivity index (χ2v) is 23.0. The SMILES string of the molecule is C=C(O)c1ccccc1CC(=O)Cc1cc(Cl)cc(Cl)c1.C=C(O)c1ccccc1CN=Cc1ccc(-c2ccccc2Cl)o1.CCC(=O)Cc1ccc(N(C)Cc2cccnc2)cc1C(=O)O.CN(Cc1cccnc1)c1ccc(CC(=O)C2CC2)c(C(=O)O)c1. The smallest absolute Gasteiger partial charge is 0.336 e. The molecule has 3 aromatic heterocycles. The van der Waals surface area contributed by atoms with Crippen molar-refractivity contribution in [3.8, 4) is 11.3 Å². The van der Waals surface area contributed by atoms with E-state index in [0.29, 0.717) is 74.9 Å². The first-order valence-electron chi connectivity index (χ1n) is 29.4. The predicted molar refractivity (Wildman–Crippen MR) is 365 cm³/mol. The first-order valence-corrected chi connectivity index (χ1v) is 30.5. The number of anilines is 2. The number of carboxylic acids is 2. The van der Waals surface area contributed by atoms with E-state index >= 15 is 0 Å². The monoisotopic (exact) mass is 1290 g/mol. The van der Waals surface area contributed by atoms with Crippen LogP contribution in [0.5, 0.6) is 0 Å². The summed E-state index contributed by atoms with van der Waals surface area (Å²) in [6.45, 7) is 10.5. The van der Waals surface area contributed by atoms with E-state index in [0.717, 1.165) is 57.6 Å². The molecule has 1 saturated carbocycles. The van der Waals surface area contributed by atoms with Gasteiger partial charge in [0.2, 0.25) is 0 Å². The Kier molecular flexibility index (Phi) is 25.9. The van der Waals surface area contributed by atoms with Crippen LogP contribution in [0.15, 0.2) is 211 Å². The summed E-state index contributed by atoms with van der Waals surface area (Å²) in [5.41, 5.74) is 9.80. The van der Waals surface area contributed by atoms with Gasteiger partial charge in [-0.25, -0.2) is 9.59 Å². The lowest BCUT2D eigenvalue weighted by molar-refractivity contribution is -0.120. The van der Waals surface area contributed by atoms with Gasteiger partial charge in [-0.2, -0.15) is 0 Å². The standard InChI is InChI=1S/C20H16ClNO2.C19H20N2O3.C18H20N2O3.C17H14Cl2O2/c1-14(23)17-7-3-2-6-15(17)12-22-13-16-10-11-20(24-16)18-8-4-5-9-19(18)21;1-21(12-13-3-2-8-20-11-13)16-7-6-15(17(10-16)19(23)24)9-18(22)14-4-5-14;1-3-16(21)9-14-6-7-15(10-17(14)18(22)23)20(2)12-13-5-4-8-19-11-13;1-11(20)17-5-3-2-4-13(17)9-16(21)8-12-6-14(18)10-15(19)7-12/h2-11,13,23H,1,12H2;2-3,6-8,10-11,14H,4-5,9,12H2,1H3,(H,23,24);4-8,10-11H,3,9,12H2,1-2H3,(H,22,23);2-7,10,20H,1,8-9H2. The number of benzene rings is 6. The Morgan fingerprint density at radius 3 is 1.57 bits per heavy atom. The molecular formula is C74H70Cl3N5O10. The summed E-state index contributed by atoms with van der Waals surface area (Å²) in [6.07, 6.45) is 11.8. The molecule has 472 valence electrons. The molecule has 0 aliphatic heterocycles. The molecule has 0 bridgehead atoms. The van der Waals surface area contributed by atoms with Gasteiger partial charge in [-0.1, -0.05) is 140 Å². The highest BCUT2D eigenvalue weighted by molar-refractivity contribution is 6.34. The summed E-state index contributed by atoms with van der Waals surface area (Å²) in [7, 11) is 3.80. The van der Waals surface area contributed by atoms with Crippen molar-refractivity contribution in [2.24, 2.45) is 10.9 Å². The number of halogens is 3. The van der Waals surface area contributed by atoms with E-state index < -0.39 is 11.9 Å². The maximum Gasteiger partial charge on any atom is 0.336 e. The van der Waals surface area contributed by atoms with Gasteiger partial charge in [-0.3, -0.25) is 29.3 Å². The van der Waals surface area contributed by atoms with E-state index in [1.54, 1.807) is 98.6 Å². The average Bonchev–Trinajstić information content (AvgIpc) is 2.08. The first kappa shape index (κ1) is 69.5. The number of ketones is 3. The largest absolute Gasteiger partial charge is 0.508 e. The number of nitrogens with zero attached hydrogens (tertiary/aromatic N) is 5. The number of carbonyl (C=O) groups excluding carboxylic acids is 3. The zero-order valence-electron chi connectivity index (χ0n) is 51.1. The minimum atomic E-state index is -1.01. The lowest BCUT2D eigenvalue weighted by Gasteiger charge is -2.20. The first-order chi connectivity index (χ1) is 44.1. The molecule has 1 aliphatic carbocycles. The number of hydrogen-bond acceptors (Lipinski definition) is 13. The van der Waals surface area contributed by atoms with E-state index in [2.05, 4.69) is 28.1 Å². The summed E-state index contributed by atoms with van der Waals surface area (Å²) >= 11 is 18.0. The molecule has 1 aliphatic rings. The Hall–Kier alpha value is -9.93. The van der Waals surface area contributed by atoms with Gasteiger partial charge in [-0.15, -0.1) is 0 Å². The molecule has 1 fully saturated rings. The highest BCUT2D eigenvalue weighted by Crippen LogP contribution is 2.33. The van der Waals surface area contributed by atoms with Gasteiger partial charge in [0, 0.05) is 128 Å². The number of aliphatic hydroxyl groups excluding tert-OH is 2. The third kappa shape index (κ3) is 21.4. The lowest BCUT2D eigenvalue weighted by atomic mass is 9.98. The van der Waals surface area contributed by atoms with Gasteiger partial charge < -0.3 is 34.6 Å². The predicted octanol–water partition coefficient (Wildman–Crippen LogP) is 16.5. The van der Waals surface area contributed by atoms with Crippen molar-refractivity contribution in [2.75, 3.05) is 23.9 Å². The number of Topliss-reactive ketones (excluding diaryl/α,β-unsaturated/α-hetero) is 3. The van der Waals surface area contributed by atoms with Crippen LogP contribution in [-0.4, -0.2) is 80.0 Å². The fraction of sp³-hybridized carbons (Fsp3) is 0.189. The molecule has 0 amide bonds. The summed E-state index contributed by atoms with van der Waals surface area (Å²) in [5.74, 6) is -0.328. The normalized spacial score (nSPS) is 11.4. The molecule has 0 radical (unpaired) electrons. The Bertz CT molecular complexity index is 4070. The van der Waals surface area contributed by atoms with Crippen LogP contribution in [0, 0.1) is 5.92 Å². The van der Waals surface area contributed by atoms with E-state index in [1.165, 1.54) is 0 Å². The highest BCUT2D eigenvalue weighted by Gasteiger charge is 2.30. The molecule has 10 rings (SSSR count). The lowest BCUT2D eigenvalue weighted by Crippen LogP contribution is -2.18. The van der Waals surface area contributed by atoms with E-state index in [9.17, 15) is 44.4 Å². The van der Waals surface area contributed by atoms with Crippen molar-refractivity contribution in [1.29, 1.82) is 0 Å². The maximum absolute atomic E-state index is 12.2. The van der Waals surface area contributed by atoms with Crippen LogP contribution in [0.3, 0.4) is 0 Å². The quantitative estimate of drug-likeness (QED) is 0.0326. The van der Waals surface area contributed by atoms with Gasteiger partial charge in [0.1, 0.15) is 40.4 Å². The van der Waals surface area contributed by atoms with Crippen molar-refractivity contribution in [3.05, 3.63) is 284 Å². The van der Waals surface area contributed by atoms with Crippen molar-refractivity contribution in [1.82, 2.24) is 9.97 Å². The van der Waals surface area contributed by atoms with Gasteiger partial charge in [0.25, 0.3) is 0 Å². The topological polar surface area (TPSA) is 224 Å².